The lowest BCUT2D eigenvalue weighted by atomic mass is 9.84. The predicted molar refractivity (Wildman–Crippen MR) is 209 cm³/mol. The molecule has 0 aliphatic rings. The first-order valence-corrected chi connectivity index (χ1v) is 16.6. The number of rotatable bonds is 4. The average molecular weight is 647 g/mol. The van der Waals surface area contributed by atoms with Gasteiger partial charge in [-0.3, -0.25) is 4.85 Å². The van der Waals surface area contributed by atoms with Crippen LogP contribution in [0.3, 0.4) is 0 Å². The molecule has 0 saturated heterocycles. The molecule has 51 heavy (non-hydrogen) atoms. The second-order valence-corrected chi connectivity index (χ2v) is 12.6. The minimum atomic E-state index is 0.331. The van der Waals surface area contributed by atoms with E-state index in [9.17, 15) is 5.26 Å². The van der Waals surface area contributed by atoms with Gasteiger partial charge in [0.05, 0.1) is 35.8 Å². The summed E-state index contributed by atoms with van der Waals surface area (Å²) in [6.45, 7) is 16.4. The van der Waals surface area contributed by atoms with Crippen LogP contribution in [0.1, 0.15) is 5.56 Å². The maximum atomic E-state index is 9.57. The van der Waals surface area contributed by atoms with E-state index in [0.717, 1.165) is 82.4 Å². The molecule has 4 heteroatoms. The van der Waals surface area contributed by atoms with Crippen molar-refractivity contribution in [2.24, 2.45) is 0 Å². The van der Waals surface area contributed by atoms with Crippen molar-refractivity contribution in [1.82, 2.24) is 4.57 Å². The Morgan fingerprint density at radius 1 is 0.471 bits per heavy atom. The van der Waals surface area contributed by atoms with E-state index in [1.807, 2.05) is 54.6 Å². The molecule has 0 N–H and O–H groups in total. The summed E-state index contributed by atoms with van der Waals surface area (Å²) in [7, 11) is 0. The average Bonchev–Trinajstić information content (AvgIpc) is 3.53. The van der Waals surface area contributed by atoms with E-state index in [2.05, 4.69) is 123 Å². The van der Waals surface area contributed by atoms with E-state index in [4.69, 9.17) is 13.1 Å². The number of aromatic nitrogens is 1. The van der Waals surface area contributed by atoms with E-state index < -0.39 is 0 Å². The Kier molecular flexibility index (Phi) is 6.93. The minimum absolute atomic E-state index is 0.331. The van der Waals surface area contributed by atoms with Crippen molar-refractivity contribution in [1.29, 1.82) is 5.26 Å². The first-order chi connectivity index (χ1) is 25.2. The van der Waals surface area contributed by atoms with E-state index in [0.29, 0.717) is 16.9 Å². The molecule has 8 aromatic carbocycles. The fourth-order valence-corrected chi connectivity index (χ4v) is 7.64. The van der Waals surface area contributed by atoms with Crippen LogP contribution in [0.4, 0.5) is 11.4 Å². The number of hydrogen-bond acceptors (Lipinski definition) is 1. The molecule has 0 amide bonds. The molecular formula is C47H26N4. The Morgan fingerprint density at radius 3 is 1.69 bits per heavy atom. The number of benzene rings is 8. The largest absolute Gasteiger partial charge is 0.309 e. The molecule has 0 bridgehead atoms. The van der Waals surface area contributed by atoms with Gasteiger partial charge in [-0.25, -0.2) is 4.85 Å². The van der Waals surface area contributed by atoms with Gasteiger partial charge in [0.2, 0.25) is 5.69 Å². The van der Waals surface area contributed by atoms with Crippen LogP contribution >= 0.6 is 0 Å². The zero-order chi connectivity index (χ0) is 34.5. The van der Waals surface area contributed by atoms with Crippen molar-refractivity contribution in [3.05, 3.63) is 186 Å². The Balaban J connectivity index is 1.26. The standard InChI is InChI=1S/C47H26N4/c1-49-42-28-33(31-21-23-34(24-22-31)51-43-19-11-10-14-35(43)40-26-30(29-48)20-25-44(40)51)27-41(47(42)50-2)46-38-17-8-6-15-36(38)45(32-12-4-3-5-13-32)37-16-7-9-18-39(37)46/h3-28H. The van der Waals surface area contributed by atoms with E-state index in [1.165, 1.54) is 0 Å². The summed E-state index contributed by atoms with van der Waals surface area (Å²) in [4.78, 5) is 7.87. The SMILES string of the molecule is [C-]#[N+]c1cc(-c2ccc(-n3c4ccccc4c4cc(C#N)ccc43)cc2)cc(-c2c3ccccc3c(-c3ccccc3)c3ccccc23)c1[N+]#[C-]. The molecule has 0 unspecified atom stereocenters. The molecule has 0 spiro atoms. The van der Waals surface area contributed by atoms with Gasteiger partial charge >= 0.3 is 0 Å². The van der Waals surface area contributed by atoms with Gasteiger partial charge in [-0.05, 0) is 91.3 Å². The van der Waals surface area contributed by atoms with Gasteiger partial charge in [-0.15, -0.1) is 0 Å². The third-order valence-corrected chi connectivity index (χ3v) is 9.85. The molecule has 0 aliphatic heterocycles. The van der Waals surface area contributed by atoms with Crippen molar-refractivity contribution in [3.63, 3.8) is 0 Å². The van der Waals surface area contributed by atoms with Crippen LogP contribution < -0.4 is 0 Å². The highest BCUT2D eigenvalue weighted by molar-refractivity contribution is 6.23. The molecule has 0 aliphatic carbocycles. The Bertz CT molecular complexity index is 2930. The lowest BCUT2D eigenvalue weighted by Gasteiger charge is -2.19. The monoisotopic (exact) mass is 646 g/mol. The third kappa shape index (κ3) is 4.66. The summed E-state index contributed by atoms with van der Waals surface area (Å²) < 4.78 is 2.22. The van der Waals surface area contributed by atoms with Gasteiger partial charge in [0.25, 0.3) is 0 Å². The van der Waals surface area contributed by atoms with Crippen LogP contribution in [0.2, 0.25) is 0 Å². The van der Waals surface area contributed by atoms with Gasteiger partial charge in [0.1, 0.15) is 0 Å². The van der Waals surface area contributed by atoms with Gasteiger partial charge in [-0.1, -0.05) is 121 Å². The number of nitrogens with zero attached hydrogens (tertiary/aromatic N) is 4. The topological polar surface area (TPSA) is 37.4 Å². The fraction of sp³-hybridized carbons (Fsp3) is 0. The molecule has 1 heterocycles. The molecule has 234 valence electrons. The van der Waals surface area contributed by atoms with Gasteiger partial charge < -0.3 is 4.57 Å². The second kappa shape index (κ2) is 11.9. The maximum Gasteiger partial charge on any atom is 0.202 e. The first-order valence-electron chi connectivity index (χ1n) is 16.6. The highest BCUT2D eigenvalue weighted by atomic mass is 15.0. The molecule has 0 radical (unpaired) electrons. The smallest absolute Gasteiger partial charge is 0.202 e. The normalized spacial score (nSPS) is 11.1. The van der Waals surface area contributed by atoms with Crippen molar-refractivity contribution >= 4 is 54.7 Å². The van der Waals surface area contributed by atoms with Crippen LogP contribution in [0.25, 0.3) is 92.1 Å². The second-order valence-electron chi connectivity index (χ2n) is 12.6. The summed E-state index contributed by atoms with van der Waals surface area (Å²) in [6.07, 6.45) is 0. The van der Waals surface area contributed by atoms with Crippen LogP contribution in [0, 0.1) is 24.5 Å². The Labute approximate surface area is 294 Å². The Morgan fingerprint density at radius 2 is 1.06 bits per heavy atom. The molecule has 0 atom stereocenters. The number of hydrogen-bond donors (Lipinski definition) is 0. The first kappa shape index (κ1) is 29.7. The molecule has 9 aromatic rings. The molecule has 0 saturated carbocycles. The number of fused-ring (bicyclic) bond motifs is 5. The summed E-state index contributed by atoms with van der Waals surface area (Å²) in [6, 6.07) is 55.8. The summed E-state index contributed by atoms with van der Waals surface area (Å²) in [5.74, 6) is 0. The minimum Gasteiger partial charge on any atom is -0.309 e. The predicted octanol–water partition coefficient (Wildman–Crippen LogP) is 13.1. The van der Waals surface area contributed by atoms with Crippen molar-refractivity contribution < 1.29 is 0 Å². The lowest BCUT2D eigenvalue weighted by Crippen LogP contribution is -1.94. The zero-order valence-electron chi connectivity index (χ0n) is 27.3. The number of para-hydroxylation sites is 1. The number of nitriles is 1. The Hall–Kier alpha value is -7.45. The summed E-state index contributed by atoms with van der Waals surface area (Å²) in [5, 5.41) is 16.0. The molecule has 9 rings (SSSR count). The van der Waals surface area contributed by atoms with E-state index >= 15 is 0 Å². The van der Waals surface area contributed by atoms with E-state index in [1.54, 1.807) is 0 Å². The maximum absolute atomic E-state index is 9.57. The molecule has 4 nitrogen and oxygen atoms in total. The lowest BCUT2D eigenvalue weighted by molar-refractivity contribution is 1.18. The fourth-order valence-electron chi connectivity index (χ4n) is 7.64. The van der Waals surface area contributed by atoms with Crippen LogP contribution in [0.15, 0.2) is 158 Å². The van der Waals surface area contributed by atoms with E-state index in [-0.39, 0.29) is 0 Å². The van der Waals surface area contributed by atoms with Crippen LogP contribution in [-0.2, 0) is 0 Å². The third-order valence-electron chi connectivity index (χ3n) is 9.85. The van der Waals surface area contributed by atoms with Gasteiger partial charge in [0, 0.05) is 16.5 Å². The van der Waals surface area contributed by atoms with Crippen LogP contribution in [0.5, 0.6) is 0 Å². The van der Waals surface area contributed by atoms with Gasteiger partial charge in [0.15, 0.2) is 5.69 Å². The highest BCUT2D eigenvalue weighted by Gasteiger charge is 2.21. The van der Waals surface area contributed by atoms with Crippen LogP contribution in [-0.4, -0.2) is 4.57 Å². The highest BCUT2D eigenvalue weighted by Crippen LogP contribution is 2.49. The summed E-state index contributed by atoms with van der Waals surface area (Å²) >= 11 is 0. The van der Waals surface area contributed by atoms with Crippen molar-refractivity contribution in [2.75, 3.05) is 0 Å². The van der Waals surface area contributed by atoms with Crippen molar-refractivity contribution in [3.8, 4) is 45.1 Å². The van der Waals surface area contributed by atoms with Crippen molar-refractivity contribution in [2.45, 2.75) is 0 Å². The zero-order valence-corrected chi connectivity index (χ0v) is 27.3. The summed E-state index contributed by atoms with van der Waals surface area (Å²) in [5.41, 5.74) is 10.2. The quantitative estimate of drug-likeness (QED) is 0.138. The van der Waals surface area contributed by atoms with Gasteiger partial charge in [-0.2, -0.15) is 5.26 Å². The molecule has 0 fully saturated rings. The molecule has 1 aromatic heterocycles. The molecular weight excluding hydrogens is 621 g/mol.